The Kier molecular flexibility index (Phi) is 4.39. The van der Waals surface area contributed by atoms with Gasteiger partial charge >= 0.3 is 0 Å². The average Bonchev–Trinajstić information content (AvgIpc) is 2.93. The van der Waals surface area contributed by atoms with Gasteiger partial charge in [0.05, 0.1) is 18.5 Å². The molecule has 21 heavy (non-hydrogen) atoms. The summed E-state index contributed by atoms with van der Waals surface area (Å²) in [5.41, 5.74) is 2.10. The number of halogens is 1. The maximum Gasteiger partial charge on any atom is 0.146 e. The van der Waals surface area contributed by atoms with Crippen LogP contribution in [0.3, 0.4) is 0 Å². The molecule has 0 N–H and O–H groups in total. The second kappa shape index (κ2) is 6.27. The number of alkyl halides is 1. The van der Waals surface area contributed by atoms with Crippen molar-refractivity contribution in [1.29, 1.82) is 0 Å². The normalized spacial score (nSPS) is 22.6. The van der Waals surface area contributed by atoms with Crippen LogP contribution < -0.4 is 4.74 Å². The van der Waals surface area contributed by atoms with Crippen LogP contribution in [0.1, 0.15) is 50.9 Å². The first-order valence-electron chi connectivity index (χ1n) is 7.88. The highest BCUT2D eigenvalue weighted by atomic mass is 35.5. The van der Waals surface area contributed by atoms with E-state index in [4.69, 9.17) is 21.3 Å². The molecular weight excluding hydrogens is 284 g/mol. The van der Waals surface area contributed by atoms with E-state index in [1.807, 2.05) is 12.1 Å². The summed E-state index contributed by atoms with van der Waals surface area (Å²) in [5, 5.41) is 0. The monoisotopic (exact) mass is 306 g/mol. The number of para-hydroxylation sites is 1. The topological polar surface area (TPSA) is 27.1 Å². The summed E-state index contributed by atoms with van der Waals surface area (Å²) in [6.45, 7) is 2.30. The van der Waals surface area contributed by atoms with Crippen molar-refractivity contribution in [2.45, 2.75) is 50.9 Å². The van der Waals surface area contributed by atoms with Crippen molar-refractivity contribution in [2.75, 3.05) is 7.11 Å². The van der Waals surface area contributed by atoms with Gasteiger partial charge in [-0.1, -0.05) is 32.3 Å². The number of benzene rings is 1. The predicted octanol–water partition coefficient (Wildman–Crippen LogP) is 4.93. The largest absolute Gasteiger partial charge is 0.494 e. The van der Waals surface area contributed by atoms with E-state index in [0.29, 0.717) is 11.9 Å². The molecule has 2 atom stereocenters. The van der Waals surface area contributed by atoms with E-state index in [1.165, 1.54) is 32.1 Å². The summed E-state index contributed by atoms with van der Waals surface area (Å²) in [5.74, 6) is 3.08. The van der Waals surface area contributed by atoms with Gasteiger partial charge in [0.2, 0.25) is 0 Å². The molecule has 0 spiro atoms. The van der Waals surface area contributed by atoms with Gasteiger partial charge in [-0.15, -0.1) is 11.6 Å². The van der Waals surface area contributed by atoms with E-state index >= 15 is 0 Å². The average molecular weight is 307 g/mol. The molecule has 2 aromatic rings. The number of imidazole rings is 1. The van der Waals surface area contributed by atoms with Crippen LogP contribution in [0.4, 0.5) is 0 Å². The minimum atomic E-state index is 0.450. The molecule has 0 aliphatic heterocycles. The fourth-order valence-electron chi connectivity index (χ4n) is 3.67. The maximum absolute atomic E-state index is 6.16. The summed E-state index contributed by atoms with van der Waals surface area (Å²) < 4.78 is 7.82. The lowest BCUT2D eigenvalue weighted by Crippen LogP contribution is -2.20. The summed E-state index contributed by atoms with van der Waals surface area (Å²) in [6, 6.07) is 6.66. The first-order chi connectivity index (χ1) is 10.3. The van der Waals surface area contributed by atoms with Gasteiger partial charge in [0.1, 0.15) is 17.1 Å². The van der Waals surface area contributed by atoms with E-state index in [9.17, 15) is 0 Å². The van der Waals surface area contributed by atoms with Crippen molar-refractivity contribution in [3.05, 3.63) is 24.0 Å². The Hall–Kier alpha value is -1.22. The molecule has 3 nitrogen and oxygen atoms in total. The molecule has 4 heteroatoms. The molecule has 3 rings (SSSR count). The number of ether oxygens (including phenoxy) is 1. The fourth-order valence-corrected chi connectivity index (χ4v) is 3.86. The molecule has 1 aromatic heterocycles. The highest BCUT2D eigenvalue weighted by Gasteiger charge is 2.26. The van der Waals surface area contributed by atoms with Gasteiger partial charge < -0.3 is 9.30 Å². The van der Waals surface area contributed by atoms with E-state index in [2.05, 4.69) is 17.6 Å². The molecule has 1 fully saturated rings. The third-order valence-electron chi connectivity index (χ3n) is 4.79. The number of hydrogen-bond donors (Lipinski definition) is 0. The molecule has 0 bridgehead atoms. The van der Waals surface area contributed by atoms with Gasteiger partial charge in [-0.25, -0.2) is 4.98 Å². The van der Waals surface area contributed by atoms with E-state index in [1.54, 1.807) is 7.11 Å². The highest BCUT2D eigenvalue weighted by molar-refractivity contribution is 6.16. The number of fused-ring (bicyclic) bond motifs is 1. The van der Waals surface area contributed by atoms with E-state index < -0.39 is 0 Å². The zero-order valence-corrected chi connectivity index (χ0v) is 13.6. The Bertz CT molecular complexity index is 623. The van der Waals surface area contributed by atoms with Gasteiger partial charge in [0.15, 0.2) is 0 Å². The molecular formula is C17H23ClN2O. The zero-order valence-electron chi connectivity index (χ0n) is 12.8. The Morgan fingerprint density at radius 3 is 2.95 bits per heavy atom. The van der Waals surface area contributed by atoms with Gasteiger partial charge in [-0.05, 0) is 30.9 Å². The Labute approximate surface area is 131 Å². The summed E-state index contributed by atoms with van der Waals surface area (Å²) in [7, 11) is 1.70. The number of nitrogens with zero attached hydrogens (tertiary/aromatic N) is 2. The number of rotatable bonds is 4. The molecule has 1 aliphatic rings. The second-order valence-electron chi connectivity index (χ2n) is 5.95. The first kappa shape index (κ1) is 14.7. The third-order valence-corrected chi connectivity index (χ3v) is 5.03. The van der Waals surface area contributed by atoms with Crippen LogP contribution in [0.15, 0.2) is 18.2 Å². The second-order valence-corrected chi connectivity index (χ2v) is 6.22. The number of aromatic nitrogens is 2. The Balaban J connectivity index is 2.08. The summed E-state index contributed by atoms with van der Waals surface area (Å²) in [6.07, 6.45) is 6.39. The molecule has 1 aliphatic carbocycles. The standard InChI is InChI=1S/C17H23ClN2O/c1-3-12-6-4-7-13(10-12)20-14-8-5-9-15(21-2)17(14)19-16(20)11-18/h5,8-9,12-13H,3-4,6-7,10-11H2,1-2H3. The maximum atomic E-state index is 6.16. The molecule has 2 unspecified atom stereocenters. The van der Waals surface area contributed by atoms with Crippen LogP contribution in [0.5, 0.6) is 5.75 Å². The van der Waals surface area contributed by atoms with Crippen LogP contribution >= 0.6 is 11.6 Å². The fraction of sp³-hybridized carbons (Fsp3) is 0.588. The van der Waals surface area contributed by atoms with Crippen LogP contribution in [0, 0.1) is 5.92 Å². The molecule has 0 radical (unpaired) electrons. The quantitative estimate of drug-likeness (QED) is 0.749. The minimum Gasteiger partial charge on any atom is -0.494 e. The van der Waals surface area contributed by atoms with Crippen LogP contribution in [0.2, 0.25) is 0 Å². The van der Waals surface area contributed by atoms with Crippen molar-refractivity contribution >= 4 is 22.6 Å². The molecule has 1 aromatic carbocycles. The number of hydrogen-bond acceptors (Lipinski definition) is 2. The van der Waals surface area contributed by atoms with Gasteiger partial charge in [-0.2, -0.15) is 0 Å². The minimum absolute atomic E-state index is 0.450. The number of methoxy groups -OCH3 is 1. The molecule has 0 saturated heterocycles. The molecule has 1 heterocycles. The van der Waals surface area contributed by atoms with Crippen molar-refractivity contribution < 1.29 is 4.74 Å². The zero-order chi connectivity index (χ0) is 14.8. The Morgan fingerprint density at radius 2 is 2.24 bits per heavy atom. The lowest BCUT2D eigenvalue weighted by atomic mass is 9.84. The lowest BCUT2D eigenvalue weighted by molar-refractivity contribution is 0.262. The smallest absolute Gasteiger partial charge is 0.146 e. The van der Waals surface area contributed by atoms with Crippen molar-refractivity contribution in [3.8, 4) is 5.75 Å². The Morgan fingerprint density at radius 1 is 1.38 bits per heavy atom. The molecule has 114 valence electrons. The predicted molar refractivity (Wildman–Crippen MR) is 87.1 cm³/mol. The SMILES string of the molecule is CCC1CCCC(n2c(CCl)nc3c(OC)cccc32)C1. The van der Waals surface area contributed by atoms with Gasteiger partial charge in [0.25, 0.3) is 0 Å². The van der Waals surface area contributed by atoms with Gasteiger partial charge in [-0.3, -0.25) is 0 Å². The van der Waals surface area contributed by atoms with Crippen LogP contribution in [-0.4, -0.2) is 16.7 Å². The van der Waals surface area contributed by atoms with E-state index in [0.717, 1.165) is 28.5 Å². The molecule has 1 saturated carbocycles. The van der Waals surface area contributed by atoms with Crippen molar-refractivity contribution in [2.24, 2.45) is 5.92 Å². The van der Waals surface area contributed by atoms with E-state index in [-0.39, 0.29) is 0 Å². The van der Waals surface area contributed by atoms with Crippen molar-refractivity contribution in [1.82, 2.24) is 9.55 Å². The van der Waals surface area contributed by atoms with Crippen molar-refractivity contribution in [3.63, 3.8) is 0 Å². The first-order valence-corrected chi connectivity index (χ1v) is 8.41. The van der Waals surface area contributed by atoms with Crippen LogP contribution in [0.25, 0.3) is 11.0 Å². The summed E-state index contributed by atoms with van der Waals surface area (Å²) >= 11 is 6.16. The van der Waals surface area contributed by atoms with Crippen LogP contribution in [-0.2, 0) is 5.88 Å². The lowest BCUT2D eigenvalue weighted by Gasteiger charge is -2.30. The highest BCUT2D eigenvalue weighted by Crippen LogP contribution is 2.38. The van der Waals surface area contributed by atoms with Gasteiger partial charge in [0, 0.05) is 6.04 Å². The third kappa shape index (κ3) is 2.64. The molecule has 0 amide bonds. The summed E-state index contributed by atoms with van der Waals surface area (Å²) in [4.78, 5) is 4.73.